The van der Waals surface area contributed by atoms with Gasteiger partial charge in [-0.1, -0.05) is 13.3 Å². The Morgan fingerprint density at radius 3 is 2.45 bits per heavy atom. The van der Waals surface area contributed by atoms with Crippen molar-refractivity contribution in [3.8, 4) is 0 Å². The van der Waals surface area contributed by atoms with Gasteiger partial charge in [-0.2, -0.15) is 0 Å². The number of nitrogens with two attached hydrogens (primary N) is 2. The average molecular weight is 281 g/mol. The molecule has 20 heavy (non-hydrogen) atoms. The second-order valence-electron chi connectivity index (χ2n) is 6.58. The van der Waals surface area contributed by atoms with Crippen LogP contribution in [-0.2, 0) is 9.59 Å². The van der Waals surface area contributed by atoms with Crippen LogP contribution in [0.25, 0.3) is 0 Å². The molecule has 1 heterocycles. The molecule has 2 rings (SSSR count). The lowest BCUT2D eigenvalue weighted by Gasteiger charge is -2.42. The SMILES string of the molecule is CC1C(N)CCCC1C(=O)N1CC(C(N)=O)CCC1C. The molecule has 2 fully saturated rings. The molecule has 0 aromatic heterocycles. The van der Waals surface area contributed by atoms with E-state index in [9.17, 15) is 9.59 Å². The molecule has 1 saturated heterocycles. The van der Waals surface area contributed by atoms with Gasteiger partial charge in [-0.25, -0.2) is 0 Å². The molecule has 2 amide bonds. The van der Waals surface area contributed by atoms with E-state index in [-0.39, 0.29) is 41.7 Å². The molecular formula is C15H27N3O2. The Morgan fingerprint density at radius 1 is 1.10 bits per heavy atom. The second-order valence-corrected chi connectivity index (χ2v) is 6.58. The molecule has 1 aliphatic carbocycles. The molecule has 1 saturated carbocycles. The maximum Gasteiger partial charge on any atom is 0.226 e. The van der Waals surface area contributed by atoms with Crippen LogP contribution in [0.1, 0.15) is 46.0 Å². The van der Waals surface area contributed by atoms with Crippen molar-refractivity contribution in [1.82, 2.24) is 4.90 Å². The fourth-order valence-electron chi connectivity index (χ4n) is 3.61. The van der Waals surface area contributed by atoms with E-state index in [1.54, 1.807) is 0 Å². The summed E-state index contributed by atoms with van der Waals surface area (Å²) >= 11 is 0. The van der Waals surface area contributed by atoms with Gasteiger partial charge in [0.25, 0.3) is 0 Å². The molecule has 1 aliphatic heterocycles. The van der Waals surface area contributed by atoms with Gasteiger partial charge in [0.2, 0.25) is 11.8 Å². The molecule has 5 unspecified atom stereocenters. The molecular weight excluding hydrogens is 254 g/mol. The first-order chi connectivity index (χ1) is 9.41. The van der Waals surface area contributed by atoms with Crippen LogP contribution in [0.2, 0.25) is 0 Å². The van der Waals surface area contributed by atoms with Gasteiger partial charge < -0.3 is 16.4 Å². The summed E-state index contributed by atoms with van der Waals surface area (Å²) in [4.78, 5) is 26.1. The molecule has 0 radical (unpaired) electrons. The van der Waals surface area contributed by atoms with Gasteiger partial charge in [-0.3, -0.25) is 9.59 Å². The quantitative estimate of drug-likeness (QED) is 0.786. The predicted molar refractivity (Wildman–Crippen MR) is 77.6 cm³/mol. The predicted octanol–water partition coefficient (Wildman–Crippen LogP) is 0.862. The van der Waals surface area contributed by atoms with Crippen LogP contribution >= 0.6 is 0 Å². The van der Waals surface area contributed by atoms with Crippen LogP contribution in [0.15, 0.2) is 0 Å². The minimum Gasteiger partial charge on any atom is -0.369 e. The van der Waals surface area contributed by atoms with Gasteiger partial charge in [0.05, 0.1) is 5.92 Å². The first-order valence-electron chi connectivity index (χ1n) is 7.77. The summed E-state index contributed by atoms with van der Waals surface area (Å²) in [7, 11) is 0. The third-order valence-corrected chi connectivity index (χ3v) is 5.25. The Kier molecular flexibility index (Phi) is 4.68. The van der Waals surface area contributed by atoms with E-state index >= 15 is 0 Å². The summed E-state index contributed by atoms with van der Waals surface area (Å²) in [5.41, 5.74) is 11.5. The summed E-state index contributed by atoms with van der Waals surface area (Å²) in [6.45, 7) is 4.61. The first kappa shape index (κ1) is 15.3. The van der Waals surface area contributed by atoms with Crippen molar-refractivity contribution >= 4 is 11.8 Å². The van der Waals surface area contributed by atoms with Gasteiger partial charge in [-0.15, -0.1) is 0 Å². The van der Waals surface area contributed by atoms with E-state index < -0.39 is 0 Å². The zero-order chi connectivity index (χ0) is 14.9. The maximum absolute atomic E-state index is 12.8. The van der Waals surface area contributed by atoms with Crippen molar-refractivity contribution in [2.45, 2.75) is 58.0 Å². The number of amides is 2. The lowest BCUT2D eigenvalue weighted by Crippen LogP contribution is -2.53. The van der Waals surface area contributed by atoms with E-state index in [1.165, 1.54) is 0 Å². The topological polar surface area (TPSA) is 89.4 Å². The van der Waals surface area contributed by atoms with Crippen LogP contribution in [-0.4, -0.2) is 35.3 Å². The van der Waals surface area contributed by atoms with Crippen LogP contribution in [0.4, 0.5) is 0 Å². The monoisotopic (exact) mass is 281 g/mol. The minimum absolute atomic E-state index is 0.00725. The largest absolute Gasteiger partial charge is 0.369 e. The van der Waals surface area contributed by atoms with Crippen LogP contribution in [0.5, 0.6) is 0 Å². The third-order valence-electron chi connectivity index (χ3n) is 5.25. The summed E-state index contributed by atoms with van der Waals surface area (Å²) in [6.07, 6.45) is 4.58. The zero-order valence-electron chi connectivity index (χ0n) is 12.5. The highest BCUT2D eigenvalue weighted by Crippen LogP contribution is 2.33. The smallest absolute Gasteiger partial charge is 0.226 e. The second kappa shape index (κ2) is 6.12. The van der Waals surface area contributed by atoms with Gasteiger partial charge in [0.1, 0.15) is 0 Å². The highest BCUT2D eigenvalue weighted by molar-refractivity contribution is 5.82. The number of primary amides is 1. The van der Waals surface area contributed by atoms with E-state index in [0.29, 0.717) is 6.54 Å². The Labute approximate surface area is 121 Å². The fourth-order valence-corrected chi connectivity index (χ4v) is 3.61. The Morgan fingerprint density at radius 2 is 1.80 bits per heavy atom. The molecule has 5 nitrogen and oxygen atoms in total. The normalized spacial score (nSPS) is 38.5. The standard InChI is InChI=1S/C15H27N3O2/c1-9-6-7-11(14(17)19)8-18(9)15(20)12-4-3-5-13(16)10(12)2/h9-13H,3-8,16H2,1-2H3,(H2,17,19). The number of nitrogens with zero attached hydrogens (tertiary/aromatic N) is 1. The Hall–Kier alpha value is -1.10. The van der Waals surface area contributed by atoms with E-state index in [1.807, 2.05) is 4.90 Å². The van der Waals surface area contributed by atoms with Gasteiger partial charge in [0.15, 0.2) is 0 Å². The van der Waals surface area contributed by atoms with E-state index in [0.717, 1.165) is 32.1 Å². The Bertz CT molecular complexity index is 385. The van der Waals surface area contributed by atoms with Gasteiger partial charge >= 0.3 is 0 Å². The molecule has 2 aliphatic rings. The lowest BCUT2D eigenvalue weighted by molar-refractivity contribution is -0.144. The highest BCUT2D eigenvalue weighted by atomic mass is 16.2. The number of likely N-dealkylation sites (tertiary alicyclic amines) is 1. The van der Waals surface area contributed by atoms with Crippen LogP contribution < -0.4 is 11.5 Å². The van der Waals surface area contributed by atoms with Crippen LogP contribution in [0, 0.1) is 17.8 Å². The highest BCUT2D eigenvalue weighted by Gasteiger charge is 2.39. The van der Waals surface area contributed by atoms with Crippen molar-refractivity contribution in [2.75, 3.05) is 6.54 Å². The molecule has 0 aromatic rings. The number of carbonyl (C=O) groups excluding carboxylic acids is 2. The van der Waals surface area contributed by atoms with E-state index in [4.69, 9.17) is 11.5 Å². The third kappa shape index (κ3) is 2.97. The number of hydrogen-bond acceptors (Lipinski definition) is 3. The number of carbonyl (C=O) groups is 2. The first-order valence-corrected chi connectivity index (χ1v) is 7.77. The minimum atomic E-state index is -0.289. The van der Waals surface area contributed by atoms with E-state index in [2.05, 4.69) is 13.8 Å². The number of piperidine rings is 1. The number of rotatable bonds is 2. The summed E-state index contributed by atoms with van der Waals surface area (Å²) in [5, 5.41) is 0. The molecule has 5 atom stereocenters. The summed E-state index contributed by atoms with van der Waals surface area (Å²) in [5.74, 6) is -0.0813. The zero-order valence-corrected chi connectivity index (χ0v) is 12.5. The summed E-state index contributed by atoms with van der Waals surface area (Å²) < 4.78 is 0. The van der Waals surface area contributed by atoms with Crippen molar-refractivity contribution in [3.63, 3.8) is 0 Å². The lowest BCUT2D eigenvalue weighted by atomic mass is 9.76. The van der Waals surface area contributed by atoms with Crippen molar-refractivity contribution in [2.24, 2.45) is 29.2 Å². The van der Waals surface area contributed by atoms with Gasteiger partial charge in [-0.05, 0) is 38.5 Å². The molecule has 4 N–H and O–H groups in total. The molecule has 114 valence electrons. The molecule has 0 spiro atoms. The van der Waals surface area contributed by atoms with Crippen molar-refractivity contribution < 1.29 is 9.59 Å². The average Bonchev–Trinajstić information content (AvgIpc) is 2.41. The van der Waals surface area contributed by atoms with Crippen LogP contribution in [0.3, 0.4) is 0 Å². The maximum atomic E-state index is 12.8. The molecule has 0 bridgehead atoms. The Balaban J connectivity index is 2.08. The number of hydrogen-bond donors (Lipinski definition) is 2. The molecule has 5 heteroatoms. The summed E-state index contributed by atoms with van der Waals surface area (Å²) in [6, 6.07) is 0.313. The van der Waals surface area contributed by atoms with Crippen molar-refractivity contribution in [1.29, 1.82) is 0 Å². The van der Waals surface area contributed by atoms with Crippen molar-refractivity contribution in [3.05, 3.63) is 0 Å². The fraction of sp³-hybridized carbons (Fsp3) is 0.867. The molecule has 0 aromatic carbocycles. The van der Waals surface area contributed by atoms with Gasteiger partial charge in [0, 0.05) is 24.5 Å².